The molecule has 7 nitrogen and oxygen atoms in total. The molecular formula is C23H19NO6S. The highest BCUT2D eigenvalue weighted by Gasteiger charge is 2.34. The van der Waals surface area contributed by atoms with E-state index in [9.17, 15) is 19.5 Å². The lowest BCUT2D eigenvalue weighted by atomic mass is 9.88. The fourth-order valence-electron chi connectivity index (χ4n) is 3.71. The number of carboxylic acid groups (broad SMARTS) is 1. The van der Waals surface area contributed by atoms with Crippen LogP contribution in [0.3, 0.4) is 0 Å². The Bertz CT molecular complexity index is 1160. The molecule has 8 heteroatoms. The lowest BCUT2D eigenvalue weighted by Gasteiger charge is -2.24. The van der Waals surface area contributed by atoms with Crippen molar-refractivity contribution in [3.05, 3.63) is 69.4 Å². The van der Waals surface area contributed by atoms with E-state index in [0.29, 0.717) is 28.1 Å². The molecule has 0 saturated heterocycles. The van der Waals surface area contributed by atoms with Gasteiger partial charge in [0.05, 0.1) is 25.5 Å². The molecule has 3 aromatic rings. The lowest BCUT2D eigenvalue weighted by Crippen LogP contribution is -2.22. The number of methoxy groups -OCH3 is 2. The number of benzene rings is 2. The van der Waals surface area contributed by atoms with E-state index >= 15 is 0 Å². The first-order chi connectivity index (χ1) is 14.9. The van der Waals surface area contributed by atoms with Gasteiger partial charge in [0.15, 0.2) is 0 Å². The number of anilines is 1. The first kappa shape index (κ1) is 20.6. The van der Waals surface area contributed by atoms with E-state index in [1.807, 2.05) is 0 Å². The maximum atomic E-state index is 12.5. The van der Waals surface area contributed by atoms with Gasteiger partial charge < -0.3 is 19.9 Å². The SMILES string of the molecule is COC(=O)c1ccc([C@@H]2CC(=O)Nc3c2sc(C(=O)O)c3-c2ccc(OC)cc2)cc1. The fraction of sp³-hybridized carbons (Fsp3) is 0.174. The minimum atomic E-state index is -1.06. The largest absolute Gasteiger partial charge is 0.497 e. The minimum Gasteiger partial charge on any atom is -0.497 e. The highest BCUT2D eigenvalue weighted by molar-refractivity contribution is 7.15. The Morgan fingerprint density at radius 3 is 2.32 bits per heavy atom. The minimum absolute atomic E-state index is 0.161. The molecule has 1 aliphatic heterocycles. The predicted octanol–water partition coefficient (Wildman–Crippen LogP) is 4.38. The third-order valence-corrected chi connectivity index (χ3v) is 6.50. The molecule has 0 spiro atoms. The molecule has 31 heavy (non-hydrogen) atoms. The standard InChI is InChI=1S/C23H19NO6S/c1-29-15-9-7-13(8-10-15)18-19-20(31-21(18)22(26)27)16(11-17(25)24-19)12-3-5-14(6-4-12)23(28)30-2/h3-10,16H,11H2,1-2H3,(H,24,25)(H,26,27)/t16-/m0/s1. The van der Waals surface area contributed by atoms with Crippen LogP contribution in [0.4, 0.5) is 5.69 Å². The van der Waals surface area contributed by atoms with Gasteiger partial charge in [-0.05, 0) is 35.4 Å². The number of thiophene rings is 1. The molecule has 4 rings (SSSR count). The number of ether oxygens (including phenoxy) is 2. The van der Waals surface area contributed by atoms with Gasteiger partial charge in [0, 0.05) is 22.8 Å². The van der Waals surface area contributed by atoms with Crippen LogP contribution in [0, 0.1) is 0 Å². The second-order valence-corrected chi connectivity index (χ2v) is 8.05. The summed E-state index contributed by atoms with van der Waals surface area (Å²) in [6.07, 6.45) is 0.187. The van der Waals surface area contributed by atoms with E-state index in [-0.39, 0.29) is 23.1 Å². The van der Waals surface area contributed by atoms with Crippen molar-refractivity contribution in [1.29, 1.82) is 0 Å². The molecule has 1 aliphatic rings. The number of nitrogens with one attached hydrogen (secondary N) is 1. The van der Waals surface area contributed by atoms with Gasteiger partial charge in [-0.2, -0.15) is 0 Å². The number of carboxylic acids is 1. The van der Waals surface area contributed by atoms with E-state index in [0.717, 1.165) is 21.8 Å². The monoisotopic (exact) mass is 437 g/mol. The normalized spacial score (nSPS) is 15.0. The average Bonchev–Trinajstić information content (AvgIpc) is 3.17. The first-order valence-electron chi connectivity index (χ1n) is 9.45. The summed E-state index contributed by atoms with van der Waals surface area (Å²) in [4.78, 5) is 37.2. The van der Waals surface area contributed by atoms with Crippen LogP contribution >= 0.6 is 11.3 Å². The van der Waals surface area contributed by atoms with Gasteiger partial charge in [-0.25, -0.2) is 9.59 Å². The summed E-state index contributed by atoms with van der Waals surface area (Å²) < 4.78 is 9.92. The predicted molar refractivity (Wildman–Crippen MR) is 116 cm³/mol. The molecule has 1 atom stereocenters. The topological polar surface area (TPSA) is 102 Å². The van der Waals surface area contributed by atoms with E-state index in [2.05, 4.69) is 5.32 Å². The van der Waals surface area contributed by atoms with Gasteiger partial charge >= 0.3 is 11.9 Å². The number of carbonyl (C=O) groups excluding carboxylic acids is 2. The van der Waals surface area contributed by atoms with Gasteiger partial charge in [-0.1, -0.05) is 24.3 Å². The van der Waals surface area contributed by atoms with Gasteiger partial charge in [0.25, 0.3) is 0 Å². The highest BCUT2D eigenvalue weighted by Crippen LogP contribution is 2.49. The molecule has 1 aromatic heterocycles. The number of rotatable bonds is 5. The Hall–Kier alpha value is -3.65. The number of hydrogen-bond donors (Lipinski definition) is 2. The van der Waals surface area contributed by atoms with Crippen molar-refractivity contribution >= 4 is 34.9 Å². The van der Waals surface area contributed by atoms with E-state index < -0.39 is 11.9 Å². The summed E-state index contributed by atoms with van der Waals surface area (Å²) in [5.41, 5.74) is 2.91. The Balaban J connectivity index is 1.83. The van der Waals surface area contributed by atoms with Crippen LogP contribution in [0.5, 0.6) is 5.75 Å². The van der Waals surface area contributed by atoms with Crippen molar-refractivity contribution in [2.45, 2.75) is 12.3 Å². The molecule has 0 fully saturated rings. The second kappa shape index (κ2) is 8.23. The summed E-state index contributed by atoms with van der Waals surface area (Å²) in [6.45, 7) is 0. The highest BCUT2D eigenvalue weighted by atomic mass is 32.1. The van der Waals surface area contributed by atoms with Crippen molar-refractivity contribution in [2.24, 2.45) is 0 Å². The van der Waals surface area contributed by atoms with Gasteiger partial charge in [-0.15, -0.1) is 11.3 Å². The van der Waals surface area contributed by atoms with Crippen LogP contribution in [0.25, 0.3) is 11.1 Å². The Labute approximate surface area is 182 Å². The smallest absolute Gasteiger partial charge is 0.346 e. The molecule has 2 N–H and O–H groups in total. The van der Waals surface area contributed by atoms with Gasteiger partial charge in [-0.3, -0.25) is 4.79 Å². The summed E-state index contributed by atoms with van der Waals surface area (Å²) >= 11 is 1.16. The van der Waals surface area contributed by atoms with Crippen LogP contribution in [0.1, 0.15) is 42.8 Å². The van der Waals surface area contributed by atoms with Crippen molar-refractivity contribution in [3.63, 3.8) is 0 Å². The van der Waals surface area contributed by atoms with Crippen molar-refractivity contribution < 1.29 is 29.0 Å². The Morgan fingerprint density at radius 2 is 1.74 bits per heavy atom. The molecule has 0 radical (unpaired) electrons. The molecular weight excluding hydrogens is 418 g/mol. The zero-order chi connectivity index (χ0) is 22.1. The number of fused-ring (bicyclic) bond motifs is 1. The van der Waals surface area contributed by atoms with Crippen molar-refractivity contribution in [3.8, 4) is 16.9 Å². The molecule has 0 saturated carbocycles. The maximum Gasteiger partial charge on any atom is 0.346 e. The third-order valence-electron chi connectivity index (χ3n) is 5.21. The van der Waals surface area contributed by atoms with Gasteiger partial charge in [0.2, 0.25) is 5.91 Å². The number of esters is 1. The Morgan fingerprint density at radius 1 is 1.06 bits per heavy atom. The summed E-state index contributed by atoms with van der Waals surface area (Å²) in [5.74, 6) is -1.36. The maximum absolute atomic E-state index is 12.5. The summed E-state index contributed by atoms with van der Waals surface area (Å²) in [5, 5.41) is 12.7. The molecule has 2 heterocycles. The number of carbonyl (C=O) groups is 3. The molecule has 0 aliphatic carbocycles. The third kappa shape index (κ3) is 3.77. The number of amides is 1. The van der Waals surface area contributed by atoms with E-state index in [1.54, 1.807) is 55.6 Å². The quantitative estimate of drug-likeness (QED) is 0.574. The van der Waals surface area contributed by atoms with Crippen LogP contribution < -0.4 is 10.1 Å². The zero-order valence-electron chi connectivity index (χ0n) is 16.8. The molecule has 0 bridgehead atoms. The fourth-order valence-corrected chi connectivity index (χ4v) is 4.96. The van der Waals surface area contributed by atoms with Crippen LogP contribution in [0.2, 0.25) is 0 Å². The molecule has 1 amide bonds. The average molecular weight is 437 g/mol. The molecule has 0 unspecified atom stereocenters. The first-order valence-corrected chi connectivity index (χ1v) is 10.3. The number of hydrogen-bond acceptors (Lipinski definition) is 6. The van der Waals surface area contributed by atoms with Crippen LogP contribution in [0.15, 0.2) is 48.5 Å². The molecule has 2 aromatic carbocycles. The van der Waals surface area contributed by atoms with Crippen LogP contribution in [-0.4, -0.2) is 37.2 Å². The van der Waals surface area contributed by atoms with Gasteiger partial charge in [0.1, 0.15) is 10.6 Å². The van der Waals surface area contributed by atoms with E-state index in [4.69, 9.17) is 9.47 Å². The molecule has 158 valence electrons. The lowest BCUT2D eigenvalue weighted by molar-refractivity contribution is -0.116. The van der Waals surface area contributed by atoms with E-state index in [1.165, 1.54) is 7.11 Å². The van der Waals surface area contributed by atoms with Crippen LogP contribution in [-0.2, 0) is 9.53 Å². The number of aromatic carboxylic acids is 1. The second-order valence-electron chi connectivity index (χ2n) is 7.00. The van der Waals surface area contributed by atoms with Crippen molar-refractivity contribution in [1.82, 2.24) is 0 Å². The van der Waals surface area contributed by atoms with Crippen molar-refractivity contribution in [2.75, 3.05) is 19.5 Å². The summed E-state index contributed by atoms with van der Waals surface area (Å²) in [7, 11) is 2.87. The summed E-state index contributed by atoms with van der Waals surface area (Å²) in [6, 6.07) is 13.9. The Kier molecular flexibility index (Phi) is 5.48. The zero-order valence-corrected chi connectivity index (χ0v) is 17.6.